The standard InChI is InChI=1S/C20H23ClFN3O3S/c21-19-4-2-1-3-17(19)15-24(20(26)16-5-7-18(22)8-6-16)13-14-29(27,28)25-11-9-23-10-12-25/h1-8,23H,9-15H2. The van der Waals surface area contributed by atoms with Crippen molar-refractivity contribution in [2.45, 2.75) is 6.54 Å². The Morgan fingerprint density at radius 1 is 1.10 bits per heavy atom. The molecule has 1 amide bonds. The highest BCUT2D eigenvalue weighted by molar-refractivity contribution is 7.89. The summed E-state index contributed by atoms with van der Waals surface area (Å²) in [6, 6.07) is 12.3. The van der Waals surface area contributed by atoms with Crippen LogP contribution >= 0.6 is 11.6 Å². The third-order valence-electron chi connectivity index (χ3n) is 4.79. The number of carbonyl (C=O) groups excluding carboxylic acids is 1. The lowest BCUT2D eigenvalue weighted by molar-refractivity contribution is 0.0753. The number of amides is 1. The predicted molar refractivity (Wildman–Crippen MR) is 111 cm³/mol. The molecule has 3 rings (SSSR count). The number of nitrogens with zero attached hydrogens (tertiary/aromatic N) is 2. The first-order valence-electron chi connectivity index (χ1n) is 9.33. The number of carbonyl (C=O) groups is 1. The Hall–Kier alpha value is -2.00. The van der Waals surface area contributed by atoms with Crippen LogP contribution in [0.15, 0.2) is 48.5 Å². The number of rotatable bonds is 7. The van der Waals surface area contributed by atoms with Crippen LogP contribution in [0.4, 0.5) is 4.39 Å². The fraction of sp³-hybridized carbons (Fsp3) is 0.350. The van der Waals surface area contributed by atoms with Crippen LogP contribution in [0, 0.1) is 5.82 Å². The zero-order valence-corrected chi connectivity index (χ0v) is 17.4. The van der Waals surface area contributed by atoms with E-state index in [0.717, 1.165) is 0 Å². The molecule has 0 spiro atoms. The van der Waals surface area contributed by atoms with Gasteiger partial charge in [0.05, 0.1) is 5.75 Å². The number of nitrogens with one attached hydrogen (secondary N) is 1. The van der Waals surface area contributed by atoms with Gasteiger partial charge >= 0.3 is 0 Å². The van der Waals surface area contributed by atoms with Crippen molar-refractivity contribution in [3.05, 3.63) is 70.5 Å². The van der Waals surface area contributed by atoms with E-state index >= 15 is 0 Å². The SMILES string of the molecule is O=C(c1ccc(F)cc1)N(CCS(=O)(=O)N1CCNCC1)Cc1ccccc1Cl. The minimum absolute atomic E-state index is 0.00763. The topological polar surface area (TPSA) is 69.7 Å². The van der Waals surface area contributed by atoms with Crippen molar-refractivity contribution in [3.8, 4) is 0 Å². The lowest BCUT2D eigenvalue weighted by Crippen LogP contribution is -2.48. The van der Waals surface area contributed by atoms with E-state index in [9.17, 15) is 17.6 Å². The first kappa shape index (κ1) is 21.7. The maximum absolute atomic E-state index is 13.2. The molecule has 0 saturated carbocycles. The molecule has 6 nitrogen and oxygen atoms in total. The van der Waals surface area contributed by atoms with Crippen LogP contribution in [0.2, 0.25) is 5.02 Å². The maximum atomic E-state index is 13.2. The van der Waals surface area contributed by atoms with Crippen molar-refractivity contribution < 1.29 is 17.6 Å². The molecule has 1 saturated heterocycles. The lowest BCUT2D eigenvalue weighted by atomic mass is 10.1. The van der Waals surface area contributed by atoms with E-state index in [1.807, 2.05) is 0 Å². The molecule has 156 valence electrons. The number of hydrogen-bond donors (Lipinski definition) is 1. The first-order valence-corrected chi connectivity index (χ1v) is 11.3. The summed E-state index contributed by atoms with van der Waals surface area (Å²) in [6.07, 6.45) is 0. The van der Waals surface area contributed by atoms with E-state index in [0.29, 0.717) is 36.8 Å². The summed E-state index contributed by atoms with van der Waals surface area (Å²) in [7, 11) is -3.50. The van der Waals surface area contributed by atoms with Gasteiger partial charge < -0.3 is 10.2 Å². The van der Waals surface area contributed by atoms with E-state index in [2.05, 4.69) is 5.32 Å². The minimum atomic E-state index is -3.50. The molecule has 1 heterocycles. The summed E-state index contributed by atoms with van der Waals surface area (Å²) >= 11 is 6.23. The minimum Gasteiger partial charge on any atom is -0.333 e. The maximum Gasteiger partial charge on any atom is 0.254 e. The molecule has 1 aliphatic heterocycles. The average molecular weight is 440 g/mol. The molecule has 0 aliphatic carbocycles. The molecule has 1 fully saturated rings. The third kappa shape index (κ3) is 5.76. The highest BCUT2D eigenvalue weighted by atomic mass is 35.5. The van der Waals surface area contributed by atoms with Gasteiger partial charge in [-0.25, -0.2) is 12.8 Å². The monoisotopic (exact) mass is 439 g/mol. The summed E-state index contributed by atoms with van der Waals surface area (Å²) in [4.78, 5) is 14.4. The lowest BCUT2D eigenvalue weighted by Gasteiger charge is -2.29. The Morgan fingerprint density at radius 2 is 1.76 bits per heavy atom. The molecule has 0 atom stereocenters. The van der Waals surface area contributed by atoms with Gasteiger partial charge in [0.2, 0.25) is 10.0 Å². The van der Waals surface area contributed by atoms with Crippen LogP contribution in [0.3, 0.4) is 0 Å². The zero-order chi connectivity index (χ0) is 20.9. The Labute approximate surface area is 175 Å². The van der Waals surface area contributed by atoms with Gasteiger partial charge in [0, 0.05) is 49.9 Å². The number of hydrogen-bond acceptors (Lipinski definition) is 4. The van der Waals surface area contributed by atoms with E-state index < -0.39 is 15.8 Å². The Balaban J connectivity index is 1.79. The second-order valence-corrected chi connectivity index (χ2v) is 9.29. The molecule has 2 aromatic rings. The van der Waals surface area contributed by atoms with Crippen molar-refractivity contribution in [3.63, 3.8) is 0 Å². The molecule has 1 aliphatic rings. The molecule has 2 aromatic carbocycles. The van der Waals surface area contributed by atoms with Crippen LogP contribution < -0.4 is 5.32 Å². The molecular formula is C20H23ClFN3O3S. The average Bonchev–Trinajstić information content (AvgIpc) is 2.73. The smallest absolute Gasteiger partial charge is 0.254 e. The van der Waals surface area contributed by atoms with Crippen LogP contribution in [0.1, 0.15) is 15.9 Å². The molecule has 1 N–H and O–H groups in total. The van der Waals surface area contributed by atoms with Crippen LogP contribution in [0.5, 0.6) is 0 Å². The van der Waals surface area contributed by atoms with Crippen molar-refractivity contribution in [2.75, 3.05) is 38.5 Å². The molecular weight excluding hydrogens is 417 g/mol. The molecule has 0 unspecified atom stereocenters. The van der Waals surface area contributed by atoms with Gasteiger partial charge in [0.1, 0.15) is 5.82 Å². The highest BCUT2D eigenvalue weighted by Gasteiger charge is 2.26. The third-order valence-corrected chi connectivity index (χ3v) is 7.01. The van der Waals surface area contributed by atoms with Gasteiger partial charge in [-0.2, -0.15) is 4.31 Å². The van der Waals surface area contributed by atoms with Gasteiger partial charge in [-0.05, 0) is 35.9 Å². The fourth-order valence-electron chi connectivity index (χ4n) is 3.14. The molecule has 29 heavy (non-hydrogen) atoms. The Morgan fingerprint density at radius 3 is 2.41 bits per heavy atom. The van der Waals surface area contributed by atoms with Gasteiger partial charge in [0.15, 0.2) is 0 Å². The Kier molecular flexibility index (Phi) is 7.23. The molecule has 0 aromatic heterocycles. The van der Waals surface area contributed by atoms with Gasteiger partial charge in [-0.15, -0.1) is 0 Å². The second-order valence-electron chi connectivity index (χ2n) is 6.79. The number of halogens is 2. The van der Waals surface area contributed by atoms with Crippen LogP contribution in [-0.4, -0.2) is 62.0 Å². The summed E-state index contributed by atoms with van der Waals surface area (Å²) in [6.45, 7) is 2.21. The van der Waals surface area contributed by atoms with Gasteiger partial charge in [0.25, 0.3) is 5.91 Å². The van der Waals surface area contributed by atoms with Gasteiger partial charge in [-0.1, -0.05) is 29.8 Å². The van der Waals surface area contributed by atoms with Crippen molar-refractivity contribution in [2.24, 2.45) is 0 Å². The van der Waals surface area contributed by atoms with Crippen LogP contribution in [0.25, 0.3) is 0 Å². The molecule has 0 radical (unpaired) electrons. The van der Waals surface area contributed by atoms with E-state index in [1.165, 1.54) is 33.5 Å². The second kappa shape index (κ2) is 9.67. The first-order chi connectivity index (χ1) is 13.9. The summed E-state index contributed by atoms with van der Waals surface area (Å²) in [5.41, 5.74) is 1.00. The largest absolute Gasteiger partial charge is 0.333 e. The van der Waals surface area contributed by atoms with Crippen LogP contribution in [-0.2, 0) is 16.6 Å². The highest BCUT2D eigenvalue weighted by Crippen LogP contribution is 2.19. The van der Waals surface area contributed by atoms with Crippen molar-refractivity contribution >= 4 is 27.5 Å². The van der Waals surface area contributed by atoms with E-state index in [4.69, 9.17) is 11.6 Å². The number of sulfonamides is 1. The summed E-state index contributed by atoms with van der Waals surface area (Å²) < 4.78 is 40.1. The summed E-state index contributed by atoms with van der Waals surface area (Å²) in [5, 5.41) is 3.61. The molecule has 0 bridgehead atoms. The Bertz CT molecular complexity index is 948. The van der Waals surface area contributed by atoms with E-state index in [-0.39, 0.29) is 30.3 Å². The normalized spacial score (nSPS) is 15.2. The number of benzene rings is 2. The predicted octanol–water partition coefficient (Wildman–Crippen LogP) is 2.36. The van der Waals surface area contributed by atoms with Crippen molar-refractivity contribution in [1.29, 1.82) is 0 Å². The quantitative estimate of drug-likeness (QED) is 0.719. The molecule has 9 heteroatoms. The zero-order valence-electron chi connectivity index (χ0n) is 15.9. The van der Waals surface area contributed by atoms with Crippen molar-refractivity contribution in [1.82, 2.24) is 14.5 Å². The number of piperazine rings is 1. The van der Waals surface area contributed by atoms with Gasteiger partial charge in [-0.3, -0.25) is 4.79 Å². The fourth-order valence-corrected chi connectivity index (χ4v) is 4.78. The summed E-state index contributed by atoms with van der Waals surface area (Å²) in [5.74, 6) is -1.01. The van der Waals surface area contributed by atoms with E-state index in [1.54, 1.807) is 24.3 Å².